The second-order valence-electron chi connectivity index (χ2n) is 6.61. The van der Waals surface area contributed by atoms with Crippen LogP contribution in [0, 0.1) is 0 Å². The molecule has 0 saturated carbocycles. The van der Waals surface area contributed by atoms with Crippen molar-refractivity contribution in [3.05, 3.63) is 78.1 Å². The molecular weight excluding hydrogens is 338 g/mol. The predicted octanol–water partition coefficient (Wildman–Crippen LogP) is 4.98. The maximum atomic E-state index is 13.2. The minimum absolute atomic E-state index is 0.0119. The van der Waals surface area contributed by atoms with E-state index in [1.807, 2.05) is 47.4 Å². The molecule has 2 heterocycles. The molecule has 27 heavy (non-hydrogen) atoms. The average molecular weight is 361 g/mol. The molecule has 3 aromatic rings. The first-order valence-corrected chi connectivity index (χ1v) is 9.19. The number of benzene rings is 2. The number of carbonyl (C=O) groups is 1. The van der Waals surface area contributed by atoms with Crippen LogP contribution in [0.15, 0.2) is 66.9 Å². The van der Waals surface area contributed by atoms with E-state index in [0.29, 0.717) is 18.0 Å². The number of hydrogen-bond acceptors (Lipinski definition) is 2. The standard InChI is InChI=1S/C22H23N3O2/c1-3-18-20-12-8-14-24(20)19-11-6-4-9-16(19)15-25(18)22(26)23-17-10-5-7-13-21(17)27-2/h4-14,18H,3,15H2,1-2H3,(H,23,26)/t18-/m1/s1. The molecule has 1 aliphatic heterocycles. The fraction of sp³-hybridized carbons (Fsp3) is 0.227. The van der Waals surface area contributed by atoms with Gasteiger partial charge in [0.2, 0.25) is 0 Å². The van der Waals surface area contributed by atoms with Crippen LogP contribution >= 0.6 is 0 Å². The zero-order chi connectivity index (χ0) is 18.8. The molecule has 5 nitrogen and oxygen atoms in total. The molecule has 2 amide bonds. The van der Waals surface area contributed by atoms with Crippen LogP contribution in [-0.4, -0.2) is 22.6 Å². The summed E-state index contributed by atoms with van der Waals surface area (Å²) in [7, 11) is 1.61. The second-order valence-corrected chi connectivity index (χ2v) is 6.61. The molecule has 0 saturated heterocycles. The number of urea groups is 1. The lowest BCUT2D eigenvalue weighted by Gasteiger charge is -2.30. The Balaban J connectivity index is 1.73. The summed E-state index contributed by atoms with van der Waals surface area (Å²) in [6, 6.07) is 19.7. The zero-order valence-corrected chi connectivity index (χ0v) is 15.6. The van der Waals surface area contributed by atoms with Gasteiger partial charge in [0.15, 0.2) is 0 Å². The van der Waals surface area contributed by atoms with Crippen LogP contribution in [-0.2, 0) is 6.54 Å². The van der Waals surface area contributed by atoms with Crippen molar-refractivity contribution in [2.75, 3.05) is 12.4 Å². The van der Waals surface area contributed by atoms with Gasteiger partial charge in [0.25, 0.3) is 0 Å². The van der Waals surface area contributed by atoms with Crippen molar-refractivity contribution < 1.29 is 9.53 Å². The van der Waals surface area contributed by atoms with Crippen molar-refractivity contribution in [2.45, 2.75) is 25.9 Å². The highest BCUT2D eigenvalue weighted by molar-refractivity contribution is 5.91. The van der Waals surface area contributed by atoms with Crippen molar-refractivity contribution >= 4 is 11.7 Å². The number of carbonyl (C=O) groups excluding carboxylic acids is 1. The van der Waals surface area contributed by atoms with E-state index in [4.69, 9.17) is 4.74 Å². The Labute approximate surface area is 159 Å². The number of methoxy groups -OCH3 is 1. The second kappa shape index (κ2) is 7.19. The summed E-state index contributed by atoms with van der Waals surface area (Å²) in [5.74, 6) is 0.650. The molecular formula is C22H23N3O2. The summed E-state index contributed by atoms with van der Waals surface area (Å²) in [5.41, 5.74) is 4.05. The van der Waals surface area contributed by atoms with Gasteiger partial charge in [-0.15, -0.1) is 0 Å². The number of aromatic nitrogens is 1. The lowest BCUT2D eigenvalue weighted by molar-refractivity contribution is 0.181. The van der Waals surface area contributed by atoms with E-state index in [1.165, 1.54) is 0 Å². The molecule has 138 valence electrons. The summed E-state index contributed by atoms with van der Waals surface area (Å²) < 4.78 is 7.57. The molecule has 2 aromatic carbocycles. The average Bonchev–Trinajstić information content (AvgIpc) is 3.13. The van der Waals surface area contributed by atoms with Crippen LogP contribution in [0.25, 0.3) is 5.69 Å². The number of anilines is 1. The van der Waals surface area contributed by atoms with Gasteiger partial charge in [-0.05, 0) is 42.3 Å². The van der Waals surface area contributed by atoms with Crippen molar-refractivity contribution in [3.8, 4) is 11.4 Å². The maximum absolute atomic E-state index is 13.2. The van der Waals surface area contributed by atoms with Crippen LogP contribution in [0.3, 0.4) is 0 Å². The third-order valence-corrected chi connectivity index (χ3v) is 5.09. The fourth-order valence-electron chi connectivity index (χ4n) is 3.80. The van der Waals surface area contributed by atoms with Crippen LogP contribution in [0.1, 0.15) is 30.6 Å². The van der Waals surface area contributed by atoms with E-state index >= 15 is 0 Å². The molecule has 0 radical (unpaired) electrons. The van der Waals surface area contributed by atoms with E-state index in [-0.39, 0.29) is 12.1 Å². The number of hydrogen-bond donors (Lipinski definition) is 1. The Morgan fingerprint density at radius 1 is 1.11 bits per heavy atom. The van der Waals surface area contributed by atoms with Crippen LogP contribution < -0.4 is 10.1 Å². The van der Waals surface area contributed by atoms with Crippen LogP contribution in [0.4, 0.5) is 10.5 Å². The number of amides is 2. The lowest BCUT2D eigenvalue weighted by atomic mass is 10.1. The molecule has 0 spiro atoms. The van der Waals surface area contributed by atoms with E-state index in [0.717, 1.165) is 23.4 Å². The summed E-state index contributed by atoms with van der Waals surface area (Å²) >= 11 is 0. The van der Waals surface area contributed by atoms with Gasteiger partial charge in [0.1, 0.15) is 5.75 Å². The summed E-state index contributed by atoms with van der Waals surface area (Å²) in [4.78, 5) is 15.2. The summed E-state index contributed by atoms with van der Waals surface area (Å²) in [5, 5.41) is 3.03. The molecule has 1 aliphatic rings. The smallest absolute Gasteiger partial charge is 0.322 e. The highest BCUT2D eigenvalue weighted by Gasteiger charge is 2.30. The summed E-state index contributed by atoms with van der Waals surface area (Å²) in [6.45, 7) is 2.67. The molecule has 1 atom stereocenters. The molecule has 5 heteroatoms. The number of nitrogens with one attached hydrogen (secondary N) is 1. The van der Waals surface area contributed by atoms with Crippen molar-refractivity contribution in [1.82, 2.24) is 9.47 Å². The Morgan fingerprint density at radius 2 is 1.89 bits per heavy atom. The first kappa shape index (κ1) is 17.2. The summed E-state index contributed by atoms with van der Waals surface area (Å²) in [6.07, 6.45) is 2.90. The number of para-hydroxylation sites is 3. The normalized spacial score (nSPS) is 15.5. The fourth-order valence-corrected chi connectivity index (χ4v) is 3.80. The largest absolute Gasteiger partial charge is 0.495 e. The van der Waals surface area contributed by atoms with Gasteiger partial charge >= 0.3 is 6.03 Å². The Morgan fingerprint density at radius 3 is 2.70 bits per heavy atom. The quantitative estimate of drug-likeness (QED) is 0.715. The number of nitrogens with zero attached hydrogens (tertiary/aromatic N) is 2. The highest BCUT2D eigenvalue weighted by Crippen LogP contribution is 2.35. The maximum Gasteiger partial charge on any atom is 0.322 e. The van der Waals surface area contributed by atoms with Crippen LogP contribution in [0.2, 0.25) is 0 Å². The molecule has 0 bridgehead atoms. The Kier molecular flexibility index (Phi) is 4.59. The van der Waals surface area contributed by atoms with Crippen LogP contribution in [0.5, 0.6) is 5.75 Å². The van der Waals surface area contributed by atoms with Gasteiger partial charge in [-0.2, -0.15) is 0 Å². The number of fused-ring (bicyclic) bond motifs is 3. The third kappa shape index (κ3) is 3.05. The number of ether oxygens (including phenoxy) is 1. The molecule has 1 N–H and O–H groups in total. The lowest BCUT2D eigenvalue weighted by Crippen LogP contribution is -2.37. The van der Waals surface area contributed by atoms with E-state index in [9.17, 15) is 4.79 Å². The van der Waals surface area contributed by atoms with E-state index < -0.39 is 0 Å². The van der Waals surface area contributed by atoms with Crippen molar-refractivity contribution in [1.29, 1.82) is 0 Å². The Bertz CT molecular complexity index is 963. The first-order valence-electron chi connectivity index (χ1n) is 9.19. The Hall–Kier alpha value is -3.21. The van der Waals surface area contributed by atoms with Gasteiger partial charge in [-0.25, -0.2) is 4.79 Å². The van der Waals surface area contributed by atoms with Crippen molar-refractivity contribution in [2.24, 2.45) is 0 Å². The van der Waals surface area contributed by atoms with E-state index in [1.54, 1.807) is 7.11 Å². The molecule has 0 fully saturated rings. The van der Waals surface area contributed by atoms with Crippen molar-refractivity contribution in [3.63, 3.8) is 0 Å². The van der Waals surface area contributed by atoms with Gasteiger partial charge in [0.05, 0.1) is 31.1 Å². The van der Waals surface area contributed by atoms with Gasteiger partial charge in [0, 0.05) is 11.9 Å². The SMILES string of the molecule is CC[C@@H]1c2cccn2-c2ccccc2CN1C(=O)Nc1ccccc1OC. The molecule has 1 aromatic heterocycles. The van der Waals surface area contributed by atoms with Gasteiger partial charge in [-0.1, -0.05) is 37.3 Å². The molecule has 0 unspecified atom stereocenters. The third-order valence-electron chi connectivity index (χ3n) is 5.09. The molecule has 4 rings (SSSR count). The monoisotopic (exact) mass is 361 g/mol. The highest BCUT2D eigenvalue weighted by atomic mass is 16.5. The topological polar surface area (TPSA) is 46.5 Å². The first-order chi connectivity index (χ1) is 13.2. The zero-order valence-electron chi connectivity index (χ0n) is 15.6. The van der Waals surface area contributed by atoms with Gasteiger partial charge in [-0.3, -0.25) is 0 Å². The predicted molar refractivity (Wildman–Crippen MR) is 106 cm³/mol. The molecule has 0 aliphatic carbocycles. The van der Waals surface area contributed by atoms with Gasteiger partial charge < -0.3 is 19.5 Å². The minimum atomic E-state index is -0.129. The van der Waals surface area contributed by atoms with E-state index in [2.05, 4.69) is 41.2 Å². The minimum Gasteiger partial charge on any atom is -0.495 e. The number of rotatable bonds is 3.